The van der Waals surface area contributed by atoms with Gasteiger partial charge in [0.05, 0.1) is 0 Å². The van der Waals surface area contributed by atoms with E-state index in [1.165, 1.54) is 6.33 Å². The summed E-state index contributed by atoms with van der Waals surface area (Å²) in [6.45, 7) is 0. The van der Waals surface area contributed by atoms with E-state index in [4.69, 9.17) is 4.74 Å². The van der Waals surface area contributed by atoms with Gasteiger partial charge in [-0.05, 0) is 24.3 Å². The Hall–Kier alpha value is -2.56. The summed E-state index contributed by atoms with van der Waals surface area (Å²) in [5.74, 6) is 2.11. The predicted octanol–water partition coefficient (Wildman–Crippen LogP) is 2.82. The predicted molar refractivity (Wildman–Crippen MR) is 74.7 cm³/mol. The number of benzene rings is 1. The number of aromatic nitrogens is 3. The number of hydrogen-bond acceptors (Lipinski definition) is 4. The standard InChI is InChI=1S/C14H14N4O/c1-18(2)13-8-14(17-9-16-13)19-11-3-4-12-10(7-11)5-6-15-12/h3-9,15H,1-2H3. The molecule has 3 aromatic rings. The van der Waals surface area contributed by atoms with Crippen LogP contribution in [0, 0.1) is 0 Å². The van der Waals surface area contributed by atoms with Gasteiger partial charge < -0.3 is 14.6 Å². The minimum Gasteiger partial charge on any atom is -0.439 e. The monoisotopic (exact) mass is 254 g/mol. The number of nitrogens with one attached hydrogen (secondary N) is 1. The fourth-order valence-electron chi connectivity index (χ4n) is 1.85. The van der Waals surface area contributed by atoms with Crippen molar-refractivity contribution in [3.8, 4) is 11.6 Å². The van der Waals surface area contributed by atoms with Gasteiger partial charge in [0.1, 0.15) is 17.9 Å². The molecule has 0 spiro atoms. The van der Waals surface area contributed by atoms with E-state index in [1.54, 1.807) is 6.07 Å². The Bertz CT molecular complexity index is 705. The van der Waals surface area contributed by atoms with E-state index in [0.29, 0.717) is 5.88 Å². The summed E-state index contributed by atoms with van der Waals surface area (Å²) in [6, 6.07) is 9.69. The van der Waals surface area contributed by atoms with Gasteiger partial charge in [0.15, 0.2) is 0 Å². The molecule has 5 heteroatoms. The summed E-state index contributed by atoms with van der Waals surface area (Å²) in [5.41, 5.74) is 1.09. The fraction of sp³-hybridized carbons (Fsp3) is 0.143. The number of rotatable bonds is 3. The number of nitrogens with zero attached hydrogens (tertiary/aromatic N) is 3. The van der Waals surface area contributed by atoms with E-state index in [0.717, 1.165) is 22.5 Å². The molecule has 0 radical (unpaired) electrons. The molecule has 0 saturated carbocycles. The lowest BCUT2D eigenvalue weighted by Gasteiger charge is -2.11. The summed E-state index contributed by atoms with van der Waals surface area (Å²) in [4.78, 5) is 13.3. The molecule has 2 aromatic heterocycles. The highest BCUT2D eigenvalue weighted by molar-refractivity contribution is 5.80. The van der Waals surface area contributed by atoms with Gasteiger partial charge in [0, 0.05) is 37.3 Å². The number of ether oxygens (including phenoxy) is 1. The summed E-state index contributed by atoms with van der Waals surface area (Å²) in [5, 5.41) is 1.11. The number of anilines is 1. The van der Waals surface area contributed by atoms with Gasteiger partial charge in [-0.25, -0.2) is 9.97 Å². The molecular weight excluding hydrogens is 240 g/mol. The summed E-state index contributed by atoms with van der Waals surface area (Å²) in [7, 11) is 3.86. The topological polar surface area (TPSA) is 54.0 Å². The van der Waals surface area contributed by atoms with Gasteiger partial charge in [-0.3, -0.25) is 0 Å². The first-order valence-corrected chi connectivity index (χ1v) is 5.97. The summed E-state index contributed by atoms with van der Waals surface area (Å²) in [6.07, 6.45) is 3.41. The average Bonchev–Trinajstić information content (AvgIpc) is 2.86. The first-order valence-electron chi connectivity index (χ1n) is 5.97. The van der Waals surface area contributed by atoms with E-state index in [-0.39, 0.29) is 0 Å². The van der Waals surface area contributed by atoms with Crippen molar-refractivity contribution in [3.63, 3.8) is 0 Å². The molecule has 96 valence electrons. The molecule has 0 fully saturated rings. The highest BCUT2D eigenvalue weighted by Crippen LogP contribution is 2.25. The van der Waals surface area contributed by atoms with Crippen LogP contribution in [-0.2, 0) is 0 Å². The van der Waals surface area contributed by atoms with Crippen LogP contribution in [0.4, 0.5) is 5.82 Å². The Labute approximate surface area is 110 Å². The van der Waals surface area contributed by atoms with Crippen molar-refractivity contribution < 1.29 is 4.74 Å². The third kappa shape index (κ3) is 2.35. The van der Waals surface area contributed by atoms with Crippen LogP contribution in [0.3, 0.4) is 0 Å². The maximum Gasteiger partial charge on any atom is 0.224 e. The molecule has 3 rings (SSSR count). The summed E-state index contributed by atoms with van der Waals surface area (Å²) >= 11 is 0. The third-order valence-corrected chi connectivity index (χ3v) is 2.83. The number of aromatic amines is 1. The van der Waals surface area contributed by atoms with E-state index in [2.05, 4.69) is 15.0 Å². The quantitative estimate of drug-likeness (QED) is 0.781. The lowest BCUT2D eigenvalue weighted by atomic mass is 10.2. The van der Waals surface area contributed by atoms with E-state index < -0.39 is 0 Å². The molecule has 1 aromatic carbocycles. The van der Waals surface area contributed by atoms with Crippen molar-refractivity contribution in [1.82, 2.24) is 15.0 Å². The van der Waals surface area contributed by atoms with Gasteiger partial charge >= 0.3 is 0 Å². The van der Waals surface area contributed by atoms with Gasteiger partial charge in [-0.2, -0.15) is 0 Å². The third-order valence-electron chi connectivity index (χ3n) is 2.83. The van der Waals surface area contributed by atoms with Crippen molar-refractivity contribution in [1.29, 1.82) is 0 Å². The Morgan fingerprint density at radius 1 is 1.11 bits per heavy atom. The van der Waals surface area contributed by atoms with Crippen LogP contribution in [0.15, 0.2) is 42.9 Å². The molecule has 0 aliphatic carbocycles. The normalized spacial score (nSPS) is 10.6. The van der Waals surface area contributed by atoms with Crippen molar-refractivity contribution in [2.24, 2.45) is 0 Å². The number of fused-ring (bicyclic) bond motifs is 1. The second kappa shape index (κ2) is 4.61. The average molecular weight is 254 g/mol. The molecule has 5 nitrogen and oxygen atoms in total. The molecule has 1 N–H and O–H groups in total. The molecule has 0 aliphatic rings. The number of H-pyrrole nitrogens is 1. The molecule has 0 aliphatic heterocycles. The minimum atomic E-state index is 0.536. The van der Waals surface area contributed by atoms with Crippen LogP contribution >= 0.6 is 0 Å². The van der Waals surface area contributed by atoms with Crippen LogP contribution in [0.2, 0.25) is 0 Å². The zero-order valence-corrected chi connectivity index (χ0v) is 10.8. The fourth-order valence-corrected chi connectivity index (χ4v) is 1.85. The Balaban J connectivity index is 1.89. The molecule has 0 unspecified atom stereocenters. The van der Waals surface area contributed by atoms with Crippen LogP contribution in [0.1, 0.15) is 0 Å². The van der Waals surface area contributed by atoms with Gasteiger partial charge in [-0.15, -0.1) is 0 Å². The van der Waals surface area contributed by atoms with Crippen LogP contribution < -0.4 is 9.64 Å². The van der Waals surface area contributed by atoms with E-state index in [1.807, 2.05) is 49.5 Å². The molecule has 0 atom stereocenters. The molecule has 0 bridgehead atoms. The highest BCUT2D eigenvalue weighted by Gasteiger charge is 2.04. The van der Waals surface area contributed by atoms with Crippen molar-refractivity contribution >= 4 is 16.7 Å². The molecule has 0 amide bonds. The van der Waals surface area contributed by atoms with Gasteiger partial charge in [-0.1, -0.05) is 0 Å². The highest BCUT2D eigenvalue weighted by atomic mass is 16.5. The largest absolute Gasteiger partial charge is 0.439 e. The van der Waals surface area contributed by atoms with E-state index in [9.17, 15) is 0 Å². The molecule has 19 heavy (non-hydrogen) atoms. The zero-order valence-electron chi connectivity index (χ0n) is 10.8. The maximum atomic E-state index is 5.75. The molecular formula is C14H14N4O. The minimum absolute atomic E-state index is 0.536. The van der Waals surface area contributed by atoms with E-state index >= 15 is 0 Å². The lowest BCUT2D eigenvalue weighted by Crippen LogP contribution is -2.10. The lowest BCUT2D eigenvalue weighted by molar-refractivity contribution is 0.462. The Kier molecular flexibility index (Phi) is 2.79. The van der Waals surface area contributed by atoms with Crippen molar-refractivity contribution in [3.05, 3.63) is 42.9 Å². The Morgan fingerprint density at radius 2 is 2.00 bits per heavy atom. The zero-order chi connectivity index (χ0) is 13.2. The van der Waals surface area contributed by atoms with Gasteiger partial charge in [0.2, 0.25) is 5.88 Å². The second-order valence-electron chi connectivity index (χ2n) is 4.44. The van der Waals surface area contributed by atoms with Crippen LogP contribution in [-0.4, -0.2) is 29.0 Å². The maximum absolute atomic E-state index is 5.75. The Morgan fingerprint density at radius 3 is 2.84 bits per heavy atom. The summed E-state index contributed by atoms with van der Waals surface area (Å²) < 4.78 is 5.75. The smallest absolute Gasteiger partial charge is 0.224 e. The van der Waals surface area contributed by atoms with Crippen molar-refractivity contribution in [2.45, 2.75) is 0 Å². The SMILES string of the molecule is CN(C)c1cc(Oc2ccc3[nH]ccc3c2)ncn1. The van der Waals surface area contributed by atoms with Crippen LogP contribution in [0.5, 0.6) is 11.6 Å². The first kappa shape index (κ1) is 11.5. The molecule has 0 saturated heterocycles. The second-order valence-corrected chi connectivity index (χ2v) is 4.44. The van der Waals surface area contributed by atoms with Crippen molar-refractivity contribution in [2.75, 3.05) is 19.0 Å². The first-order chi connectivity index (χ1) is 9.22. The van der Waals surface area contributed by atoms with Crippen LogP contribution in [0.25, 0.3) is 10.9 Å². The van der Waals surface area contributed by atoms with Gasteiger partial charge in [0.25, 0.3) is 0 Å². The number of hydrogen-bond donors (Lipinski definition) is 1. The molecule has 2 heterocycles.